The zero-order valence-electron chi connectivity index (χ0n) is 8.13. The van der Waals surface area contributed by atoms with Gasteiger partial charge in [-0.25, -0.2) is 4.39 Å². The molecule has 2 rings (SSSR count). The van der Waals surface area contributed by atoms with E-state index in [0.29, 0.717) is 17.1 Å². The molecule has 1 aromatic carbocycles. The maximum Gasteiger partial charge on any atom is 0.211 e. The lowest BCUT2D eigenvalue weighted by Crippen LogP contribution is -1.89. The number of aryl methyl sites for hydroxylation is 1. The van der Waals surface area contributed by atoms with Crippen LogP contribution in [-0.2, 0) is 0 Å². The summed E-state index contributed by atoms with van der Waals surface area (Å²) in [4.78, 5) is 0. The molecule has 0 aliphatic carbocycles. The summed E-state index contributed by atoms with van der Waals surface area (Å²) in [6.07, 6.45) is 0. The fraction of sp³-hybridized carbons (Fsp3) is 0.273. The molecule has 0 bridgehead atoms. The van der Waals surface area contributed by atoms with E-state index in [1.54, 1.807) is 0 Å². The molecule has 1 heterocycles. The van der Waals surface area contributed by atoms with E-state index in [0.717, 1.165) is 10.3 Å². The Labute approximate surface area is 86.1 Å². The van der Waals surface area contributed by atoms with Gasteiger partial charge in [-0.2, -0.15) is 0 Å². The van der Waals surface area contributed by atoms with Gasteiger partial charge in [0.2, 0.25) is 5.06 Å². The van der Waals surface area contributed by atoms with Gasteiger partial charge in [-0.1, -0.05) is 23.0 Å². The van der Waals surface area contributed by atoms with Crippen LogP contribution in [0.1, 0.15) is 12.5 Å². The highest BCUT2D eigenvalue weighted by atomic mass is 32.1. The molecule has 1 aromatic heterocycles. The molecular formula is C11H11FOS. The number of benzene rings is 1. The summed E-state index contributed by atoms with van der Waals surface area (Å²) in [6.45, 7) is 4.31. The van der Waals surface area contributed by atoms with Crippen LogP contribution in [0.3, 0.4) is 0 Å². The van der Waals surface area contributed by atoms with Gasteiger partial charge in [0, 0.05) is 10.1 Å². The molecule has 0 unspecified atom stereocenters. The summed E-state index contributed by atoms with van der Waals surface area (Å²) in [5, 5.41) is 1.06. The molecule has 0 N–H and O–H groups in total. The van der Waals surface area contributed by atoms with Crippen molar-refractivity contribution in [3.8, 4) is 5.06 Å². The lowest BCUT2D eigenvalue weighted by atomic mass is 10.2. The van der Waals surface area contributed by atoms with Crippen LogP contribution in [0.5, 0.6) is 5.06 Å². The van der Waals surface area contributed by atoms with Gasteiger partial charge in [0.15, 0.2) is 5.82 Å². The molecule has 74 valence electrons. The van der Waals surface area contributed by atoms with Crippen molar-refractivity contribution in [2.45, 2.75) is 13.8 Å². The molecule has 0 saturated heterocycles. The van der Waals surface area contributed by atoms with Crippen molar-refractivity contribution in [2.24, 2.45) is 0 Å². The number of halogens is 1. The van der Waals surface area contributed by atoms with E-state index in [1.807, 2.05) is 32.0 Å². The third kappa shape index (κ3) is 1.48. The SMILES string of the molecule is CCOc1sc2ccc(C)cc2c1F. The number of ether oxygens (including phenoxy) is 1. The number of hydrogen-bond donors (Lipinski definition) is 0. The van der Waals surface area contributed by atoms with Crippen molar-refractivity contribution >= 4 is 21.4 Å². The Hall–Kier alpha value is -1.09. The van der Waals surface area contributed by atoms with Gasteiger partial charge in [0.05, 0.1) is 6.61 Å². The first-order valence-electron chi connectivity index (χ1n) is 4.54. The molecule has 0 saturated carbocycles. The molecular weight excluding hydrogens is 199 g/mol. The number of thiophene rings is 1. The summed E-state index contributed by atoms with van der Waals surface area (Å²) in [6, 6.07) is 5.76. The first-order valence-corrected chi connectivity index (χ1v) is 5.35. The third-order valence-electron chi connectivity index (χ3n) is 2.03. The second kappa shape index (κ2) is 3.58. The topological polar surface area (TPSA) is 9.23 Å². The van der Waals surface area contributed by atoms with E-state index in [1.165, 1.54) is 11.3 Å². The lowest BCUT2D eigenvalue weighted by Gasteiger charge is -1.96. The predicted molar refractivity (Wildman–Crippen MR) is 57.7 cm³/mol. The minimum absolute atomic E-state index is 0.226. The van der Waals surface area contributed by atoms with E-state index >= 15 is 0 Å². The van der Waals surface area contributed by atoms with E-state index in [-0.39, 0.29) is 5.82 Å². The molecule has 0 radical (unpaired) electrons. The Morgan fingerprint density at radius 2 is 2.21 bits per heavy atom. The monoisotopic (exact) mass is 210 g/mol. The van der Waals surface area contributed by atoms with Crippen LogP contribution in [0, 0.1) is 12.7 Å². The summed E-state index contributed by atoms with van der Waals surface area (Å²) >= 11 is 1.36. The van der Waals surface area contributed by atoms with E-state index < -0.39 is 0 Å². The van der Waals surface area contributed by atoms with Crippen molar-refractivity contribution in [3.63, 3.8) is 0 Å². The third-order valence-corrected chi connectivity index (χ3v) is 3.09. The van der Waals surface area contributed by atoms with Crippen LogP contribution in [0.25, 0.3) is 10.1 Å². The fourth-order valence-corrected chi connectivity index (χ4v) is 2.35. The van der Waals surface area contributed by atoms with Crippen LogP contribution in [-0.4, -0.2) is 6.61 Å². The Morgan fingerprint density at radius 3 is 2.93 bits per heavy atom. The molecule has 2 aromatic rings. The van der Waals surface area contributed by atoms with Crippen molar-refractivity contribution in [1.82, 2.24) is 0 Å². The van der Waals surface area contributed by atoms with Crippen LogP contribution in [0.15, 0.2) is 18.2 Å². The molecule has 0 fully saturated rings. The van der Waals surface area contributed by atoms with Gasteiger partial charge in [0.1, 0.15) is 0 Å². The van der Waals surface area contributed by atoms with Crippen molar-refractivity contribution < 1.29 is 9.13 Å². The highest BCUT2D eigenvalue weighted by molar-refractivity contribution is 7.20. The van der Waals surface area contributed by atoms with Gasteiger partial charge >= 0.3 is 0 Å². The van der Waals surface area contributed by atoms with Gasteiger partial charge in [-0.3, -0.25) is 0 Å². The maximum atomic E-state index is 13.7. The van der Waals surface area contributed by atoms with Gasteiger partial charge in [-0.15, -0.1) is 0 Å². The smallest absolute Gasteiger partial charge is 0.211 e. The Kier molecular flexibility index (Phi) is 2.42. The van der Waals surface area contributed by atoms with E-state index in [2.05, 4.69) is 0 Å². The first-order chi connectivity index (χ1) is 6.72. The van der Waals surface area contributed by atoms with Gasteiger partial charge in [-0.05, 0) is 26.0 Å². The molecule has 0 aliphatic rings. The average molecular weight is 210 g/mol. The summed E-state index contributed by atoms with van der Waals surface area (Å²) < 4.78 is 19.8. The molecule has 3 heteroatoms. The zero-order chi connectivity index (χ0) is 10.1. The molecule has 0 spiro atoms. The van der Waals surface area contributed by atoms with Gasteiger partial charge in [0.25, 0.3) is 0 Å². The second-order valence-corrected chi connectivity index (χ2v) is 4.15. The Morgan fingerprint density at radius 1 is 1.43 bits per heavy atom. The van der Waals surface area contributed by atoms with Crippen LogP contribution < -0.4 is 4.74 Å². The molecule has 1 nitrogen and oxygen atoms in total. The van der Waals surface area contributed by atoms with Crippen molar-refractivity contribution in [2.75, 3.05) is 6.61 Å². The van der Waals surface area contributed by atoms with Crippen molar-refractivity contribution in [3.05, 3.63) is 29.6 Å². The minimum Gasteiger partial charge on any atom is -0.482 e. The number of rotatable bonds is 2. The fourth-order valence-electron chi connectivity index (χ4n) is 1.38. The number of hydrogen-bond acceptors (Lipinski definition) is 2. The van der Waals surface area contributed by atoms with Crippen LogP contribution >= 0.6 is 11.3 Å². The van der Waals surface area contributed by atoms with E-state index in [4.69, 9.17) is 4.74 Å². The number of fused-ring (bicyclic) bond motifs is 1. The molecule has 0 amide bonds. The quantitative estimate of drug-likeness (QED) is 0.733. The maximum absolute atomic E-state index is 13.7. The second-order valence-electron chi connectivity index (χ2n) is 3.14. The zero-order valence-corrected chi connectivity index (χ0v) is 8.95. The summed E-state index contributed by atoms with van der Waals surface area (Å²) in [5.41, 5.74) is 1.07. The highest BCUT2D eigenvalue weighted by Gasteiger charge is 2.12. The van der Waals surface area contributed by atoms with E-state index in [9.17, 15) is 4.39 Å². The summed E-state index contributed by atoms with van der Waals surface area (Å²) in [5.74, 6) is -0.226. The highest BCUT2D eigenvalue weighted by Crippen LogP contribution is 2.36. The normalized spacial score (nSPS) is 10.8. The Bertz CT molecular complexity index is 462. The lowest BCUT2D eigenvalue weighted by molar-refractivity contribution is 0.334. The van der Waals surface area contributed by atoms with Crippen LogP contribution in [0.4, 0.5) is 4.39 Å². The Balaban J connectivity index is 2.62. The largest absolute Gasteiger partial charge is 0.482 e. The summed E-state index contributed by atoms with van der Waals surface area (Å²) in [7, 11) is 0. The first kappa shape index (κ1) is 9.46. The molecule has 0 aliphatic heterocycles. The van der Waals surface area contributed by atoms with Crippen molar-refractivity contribution in [1.29, 1.82) is 0 Å². The average Bonchev–Trinajstić information content (AvgIpc) is 2.46. The predicted octanol–water partition coefficient (Wildman–Crippen LogP) is 3.75. The molecule has 14 heavy (non-hydrogen) atoms. The van der Waals surface area contributed by atoms with Gasteiger partial charge < -0.3 is 4.74 Å². The minimum atomic E-state index is -0.226. The van der Waals surface area contributed by atoms with Crippen LogP contribution in [0.2, 0.25) is 0 Å². The molecule has 0 atom stereocenters. The standard InChI is InChI=1S/C11H11FOS/c1-3-13-11-10(12)8-6-7(2)4-5-9(8)14-11/h4-6H,3H2,1-2H3.